The molecule has 5 nitrogen and oxygen atoms in total. The molecule has 3 N–H and O–H groups in total. The molecular formula is C20H20ClN3O2. The second-order valence-electron chi connectivity index (χ2n) is 6.78. The minimum absolute atomic E-state index is 0.0134. The average molecular weight is 370 g/mol. The number of hydrogen-bond donors (Lipinski definition) is 3. The molecule has 1 spiro atoms. The molecule has 2 aromatic rings. The number of anilines is 1. The smallest absolute Gasteiger partial charge is 0.251 e. The molecule has 4 rings (SSSR count). The van der Waals surface area contributed by atoms with E-state index in [4.69, 9.17) is 16.7 Å². The lowest BCUT2D eigenvalue weighted by molar-refractivity contribution is 0.0945. The van der Waals surface area contributed by atoms with Crippen molar-refractivity contribution in [1.82, 2.24) is 10.3 Å². The number of aliphatic hydroxyl groups excluding tert-OH is 1. The number of halogens is 1. The Labute approximate surface area is 157 Å². The van der Waals surface area contributed by atoms with E-state index in [1.807, 2.05) is 12.1 Å². The first-order valence-corrected chi connectivity index (χ1v) is 9.10. The zero-order valence-electron chi connectivity index (χ0n) is 14.3. The molecule has 0 radical (unpaired) electrons. The number of carbonyl (C=O) groups is 1. The van der Waals surface area contributed by atoms with Crippen LogP contribution in [0.15, 0.2) is 42.6 Å². The Hall–Kier alpha value is -2.37. The molecule has 1 aromatic carbocycles. The van der Waals surface area contributed by atoms with Crippen molar-refractivity contribution in [2.24, 2.45) is 0 Å². The molecule has 1 amide bonds. The first-order valence-electron chi connectivity index (χ1n) is 8.72. The van der Waals surface area contributed by atoms with Crippen LogP contribution in [-0.2, 0) is 5.41 Å². The first kappa shape index (κ1) is 17.1. The van der Waals surface area contributed by atoms with Gasteiger partial charge in [0.05, 0.1) is 11.6 Å². The number of aromatic nitrogens is 1. The molecular weight excluding hydrogens is 350 g/mol. The Morgan fingerprint density at radius 2 is 2.00 bits per heavy atom. The SMILES string of the molecule is O=C(NCCO)c1ccc(-c2cnc3c(c2Cl)C2(CC=CC2)CN3)cc1. The van der Waals surface area contributed by atoms with Gasteiger partial charge in [-0.05, 0) is 30.5 Å². The van der Waals surface area contributed by atoms with Crippen LogP contribution in [0.4, 0.5) is 5.82 Å². The second-order valence-corrected chi connectivity index (χ2v) is 7.16. The van der Waals surface area contributed by atoms with Gasteiger partial charge in [-0.1, -0.05) is 35.9 Å². The van der Waals surface area contributed by atoms with Crippen molar-refractivity contribution in [2.75, 3.05) is 25.0 Å². The summed E-state index contributed by atoms with van der Waals surface area (Å²) in [7, 11) is 0. The number of allylic oxidation sites excluding steroid dienone is 2. The summed E-state index contributed by atoms with van der Waals surface area (Å²) in [5.41, 5.74) is 3.47. The molecule has 2 heterocycles. The van der Waals surface area contributed by atoms with Crippen molar-refractivity contribution >= 4 is 23.3 Å². The number of rotatable bonds is 4. The van der Waals surface area contributed by atoms with E-state index >= 15 is 0 Å². The van der Waals surface area contributed by atoms with Crippen molar-refractivity contribution in [2.45, 2.75) is 18.3 Å². The highest BCUT2D eigenvalue weighted by atomic mass is 35.5. The molecule has 1 aromatic heterocycles. The van der Waals surface area contributed by atoms with Crippen molar-refractivity contribution in [3.8, 4) is 11.1 Å². The fraction of sp³-hybridized carbons (Fsp3) is 0.300. The van der Waals surface area contributed by atoms with E-state index < -0.39 is 0 Å². The van der Waals surface area contributed by atoms with E-state index in [1.165, 1.54) is 0 Å². The van der Waals surface area contributed by atoms with Crippen LogP contribution in [0, 0.1) is 0 Å². The predicted molar refractivity (Wildman–Crippen MR) is 103 cm³/mol. The normalized spacial score (nSPS) is 16.5. The Balaban J connectivity index is 1.66. The van der Waals surface area contributed by atoms with Crippen molar-refractivity contribution < 1.29 is 9.90 Å². The van der Waals surface area contributed by atoms with Gasteiger partial charge in [0.1, 0.15) is 5.82 Å². The lowest BCUT2D eigenvalue weighted by Crippen LogP contribution is -2.26. The molecule has 1 aliphatic heterocycles. The molecule has 1 aliphatic carbocycles. The third-order valence-corrected chi connectivity index (χ3v) is 5.57. The molecule has 0 atom stereocenters. The fourth-order valence-electron chi connectivity index (χ4n) is 3.77. The molecule has 0 saturated carbocycles. The lowest BCUT2D eigenvalue weighted by Gasteiger charge is -2.24. The van der Waals surface area contributed by atoms with Crippen LogP contribution in [0.1, 0.15) is 28.8 Å². The minimum Gasteiger partial charge on any atom is -0.395 e. The van der Waals surface area contributed by atoms with Gasteiger partial charge in [0.15, 0.2) is 0 Å². The Morgan fingerprint density at radius 3 is 2.69 bits per heavy atom. The third kappa shape index (κ3) is 2.77. The molecule has 0 saturated heterocycles. The van der Waals surface area contributed by atoms with E-state index in [0.29, 0.717) is 5.56 Å². The average Bonchev–Trinajstić information content (AvgIpc) is 3.29. The van der Waals surface area contributed by atoms with Crippen molar-refractivity contribution in [1.29, 1.82) is 0 Å². The maximum atomic E-state index is 12.0. The summed E-state index contributed by atoms with van der Waals surface area (Å²) in [5.74, 6) is 0.673. The number of benzene rings is 1. The number of fused-ring (bicyclic) bond motifs is 2. The maximum absolute atomic E-state index is 12.0. The zero-order chi connectivity index (χ0) is 18.1. The quantitative estimate of drug-likeness (QED) is 0.724. The number of nitrogens with one attached hydrogen (secondary N) is 2. The Morgan fingerprint density at radius 1 is 1.27 bits per heavy atom. The number of aliphatic hydroxyl groups is 1. The highest BCUT2D eigenvalue weighted by molar-refractivity contribution is 6.34. The largest absolute Gasteiger partial charge is 0.395 e. The van der Waals surface area contributed by atoms with Gasteiger partial charge >= 0.3 is 0 Å². The van der Waals surface area contributed by atoms with Gasteiger partial charge in [-0.25, -0.2) is 4.98 Å². The van der Waals surface area contributed by atoms with Crippen molar-refractivity contribution in [3.63, 3.8) is 0 Å². The van der Waals surface area contributed by atoms with Gasteiger partial charge in [-0.15, -0.1) is 0 Å². The van der Waals surface area contributed by atoms with Crippen molar-refractivity contribution in [3.05, 3.63) is 58.8 Å². The maximum Gasteiger partial charge on any atom is 0.251 e. The Kier molecular flexibility index (Phi) is 4.42. The summed E-state index contributed by atoms with van der Waals surface area (Å²) in [4.78, 5) is 16.5. The summed E-state index contributed by atoms with van der Waals surface area (Å²) in [6.07, 6.45) is 8.15. The standard InChI is InChI=1S/C20H20ClN3O2/c21-17-15(13-3-5-14(6-4-13)19(26)22-9-10-25)11-23-18-16(17)20(12-24-18)7-1-2-8-20/h1-6,11,25H,7-10,12H2,(H,22,26)(H,23,24). The van der Waals surface area contributed by atoms with Gasteiger partial charge in [-0.3, -0.25) is 4.79 Å². The highest BCUT2D eigenvalue weighted by Gasteiger charge is 2.42. The van der Waals surface area contributed by atoms with Gasteiger partial charge < -0.3 is 15.7 Å². The van der Waals surface area contributed by atoms with Gasteiger partial charge in [0.2, 0.25) is 0 Å². The number of nitrogens with zero attached hydrogens (tertiary/aromatic N) is 1. The van der Waals surface area contributed by atoms with Crippen LogP contribution >= 0.6 is 11.6 Å². The van der Waals surface area contributed by atoms with Crippen LogP contribution in [0.25, 0.3) is 11.1 Å². The predicted octanol–water partition coefficient (Wildman–Crippen LogP) is 3.14. The minimum atomic E-state index is -0.205. The number of pyridine rings is 1. The first-order chi connectivity index (χ1) is 12.6. The monoisotopic (exact) mass is 369 g/mol. The summed E-state index contributed by atoms with van der Waals surface area (Å²) in [6.45, 7) is 1.02. The van der Waals surface area contributed by atoms with Crippen LogP contribution < -0.4 is 10.6 Å². The van der Waals surface area contributed by atoms with Crippen LogP contribution in [0.2, 0.25) is 5.02 Å². The lowest BCUT2D eigenvalue weighted by atomic mass is 9.80. The second kappa shape index (κ2) is 6.74. The van der Waals surface area contributed by atoms with Crippen LogP contribution in [0.3, 0.4) is 0 Å². The molecule has 6 heteroatoms. The summed E-state index contributed by atoms with van der Waals surface area (Å²) >= 11 is 6.81. The van der Waals surface area contributed by atoms with E-state index in [-0.39, 0.29) is 24.5 Å². The summed E-state index contributed by atoms with van der Waals surface area (Å²) in [5, 5.41) is 15.6. The summed E-state index contributed by atoms with van der Waals surface area (Å²) in [6, 6.07) is 7.28. The number of carbonyl (C=O) groups excluding carboxylic acids is 1. The topological polar surface area (TPSA) is 74.2 Å². The molecule has 0 fully saturated rings. The molecule has 2 aliphatic rings. The van der Waals surface area contributed by atoms with Gasteiger partial charge in [0.25, 0.3) is 5.91 Å². The summed E-state index contributed by atoms with van der Waals surface area (Å²) < 4.78 is 0. The van der Waals surface area contributed by atoms with Crippen LogP contribution in [-0.4, -0.2) is 35.7 Å². The molecule has 26 heavy (non-hydrogen) atoms. The van der Waals surface area contributed by atoms with E-state index in [0.717, 1.165) is 46.9 Å². The number of hydrogen-bond acceptors (Lipinski definition) is 4. The molecule has 0 bridgehead atoms. The van der Waals surface area contributed by atoms with E-state index in [2.05, 4.69) is 27.8 Å². The fourth-order valence-corrected chi connectivity index (χ4v) is 4.22. The van der Waals surface area contributed by atoms with Crippen LogP contribution in [0.5, 0.6) is 0 Å². The Bertz CT molecular complexity index is 869. The highest BCUT2D eigenvalue weighted by Crippen LogP contribution is 2.49. The van der Waals surface area contributed by atoms with Gasteiger partial charge in [-0.2, -0.15) is 0 Å². The molecule has 134 valence electrons. The van der Waals surface area contributed by atoms with E-state index in [9.17, 15) is 4.79 Å². The van der Waals surface area contributed by atoms with Gasteiger partial charge in [0, 0.05) is 41.4 Å². The molecule has 0 unspecified atom stereocenters. The number of amides is 1. The zero-order valence-corrected chi connectivity index (χ0v) is 15.0. The third-order valence-electron chi connectivity index (χ3n) is 5.18. The van der Waals surface area contributed by atoms with E-state index in [1.54, 1.807) is 18.3 Å².